The number of carbonyl (C=O) groups excluding carboxylic acids is 1. The van der Waals surface area contributed by atoms with Crippen molar-refractivity contribution in [3.05, 3.63) is 35.2 Å². The molecular formula is C17H19NO2S. The van der Waals surface area contributed by atoms with Gasteiger partial charge in [0.15, 0.2) is 0 Å². The molecule has 1 aliphatic heterocycles. The van der Waals surface area contributed by atoms with Crippen molar-refractivity contribution in [2.45, 2.75) is 31.3 Å². The van der Waals surface area contributed by atoms with Crippen LogP contribution >= 0.6 is 11.3 Å². The Morgan fingerprint density at radius 3 is 2.62 bits per heavy atom. The molecule has 0 spiro atoms. The number of carbonyl (C=O) groups is 1. The summed E-state index contributed by atoms with van der Waals surface area (Å²) in [4.78, 5) is 15.4. The van der Waals surface area contributed by atoms with Crippen molar-refractivity contribution in [3.63, 3.8) is 0 Å². The highest BCUT2D eigenvalue weighted by Crippen LogP contribution is 2.46. The lowest BCUT2D eigenvalue weighted by Gasteiger charge is -2.34. The van der Waals surface area contributed by atoms with Gasteiger partial charge in [-0.15, -0.1) is 11.3 Å². The number of piperidine rings is 1. The summed E-state index contributed by atoms with van der Waals surface area (Å²) in [5.41, 5.74) is -0.396. The second kappa shape index (κ2) is 4.82. The van der Waals surface area contributed by atoms with Crippen molar-refractivity contribution >= 4 is 27.3 Å². The van der Waals surface area contributed by atoms with Gasteiger partial charge in [0.05, 0.1) is 10.5 Å². The molecule has 2 aliphatic rings. The van der Waals surface area contributed by atoms with E-state index in [-0.39, 0.29) is 5.91 Å². The van der Waals surface area contributed by atoms with E-state index in [2.05, 4.69) is 12.1 Å². The molecule has 1 aromatic carbocycles. The van der Waals surface area contributed by atoms with E-state index in [1.165, 1.54) is 4.70 Å². The number of benzene rings is 1. The molecule has 0 atom stereocenters. The van der Waals surface area contributed by atoms with Gasteiger partial charge in [0, 0.05) is 17.8 Å². The van der Waals surface area contributed by atoms with E-state index < -0.39 is 5.60 Å². The zero-order valence-electron chi connectivity index (χ0n) is 11.9. The topological polar surface area (TPSA) is 40.5 Å². The molecule has 1 saturated carbocycles. The number of rotatable bonds is 2. The van der Waals surface area contributed by atoms with Crippen LogP contribution in [0.5, 0.6) is 0 Å². The number of hydrogen-bond donors (Lipinski definition) is 1. The Morgan fingerprint density at radius 2 is 1.95 bits per heavy atom. The van der Waals surface area contributed by atoms with Crippen LogP contribution in [0, 0.1) is 5.92 Å². The van der Waals surface area contributed by atoms with Gasteiger partial charge in [-0.1, -0.05) is 18.2 Å². The molecule has 1 amide bonds. The van der Waals surface area contributed by atoms with E-state index in [1.807, 2.05) is 23.1 Å². The first-order chi connectivity index (χ1) is 10.2. The number of likely N-dealkylation sites (tertiary alicyclic amines) is 1. The molecule has 4 heteroatoms. The zero-order chi connectivity index (χ0) is 14.4. The minimum absolute atomic E-state index is 0.150. The number of amides is 1. The highest BCUT2D eigenvalue weighted by Gasteiger charge is 2.48. The Labute approximate surface area is 128 Å². The first-order valence-corrected chi connectivity index (χ1v) is 8.48. The van der Waals surface area contributed by atoms with Gasteiger partial charge in [-0.2, -0.15) is 0 Å². The van der Waals surface area contributed by atoms with Gasteiger partial charge >= 0.3 is 0 Å². The molecular weight excluding hydrogens is 282 g/mol. The van der Waals surface area contributed by atoms with Crippen LogP contribution in [0.15, 0.2) is 30.3 Å². The van der Waals surface area contributed by atoms with Gasteiger partial charge in [0.25, 0.3) is 5.91 Å². The quantitative estimate of drug-likeness (QED) is 0.925. The predicted molar refractivity (Wildman–Crippen MR) is 84.6 cm³/mol. The first kappa shape index (κ1) is 13.3. The summed E-state index contributed by atoms with van der Waals surface area (Å²) in [5, 5.41) is 11.3. The Bertz CT molecular complexity index is 648. The van der Waals surface area contributed by atoms with Gasteiger partial charge in [0.1, 0.15) is 0 Å². The van der Waals surface area contributed by atoms with Gasteiger partial charge in [-0.25, -0.2) is 0 Å². The molecule has 2 aromatic rings. The van der Waals surface area contributed by atoms with Gasteiger partial charge < -0.3 is 10.0 Å². The monoisotopic (exact) mass is 301 g/mol. The Morgan fingerprint density at radius 1 is 1.24 bits per heavy atom. The fraction of sp³-hybridized carbons (Fsp3) is 0.471. The van der Waals surface area contributed by atoms with Crippen molar-refractivity contribution < 1.29 is 9.90 Å². The van der Waals surface area contributed by atoms with E-state index in [0.717, 1.165) is 49.0 Å². The molecule has 2 heterocycles. The lowest BCUT2D eigenvalue weighted by atomic mass is 9.89. The molecule has 0 unspecified atom stereocenters. The van der Waals surface area contributed by atoms with Crippen LogP contribution in [0.4, 0.5) is 0 Å². The molecule has 21 heavy (non-hydrogen) atoms. The van der Waals surface area contributed by atoms with Crippen molar-refractivity contribution in [2.75, 3.05) is 13.1 Å². The Hall–Kier alpha value is -1.39. The van der Waals surface area contributed by atoms with Crippen LogP contribution < -0.4 is 0 Å². The van der Waals surface area contributed by atoms with Crippen LogP contribution in [-0.2, 0) is 0 Å². The summed E-state index contributed by atoms with van der Waals surface area (Å²) in [6.45, 7) is 1.56. The lowest BCUT2D eigenvalue weighted by Crippen LogP contribution is -2.41. The minimum atomic E-state index is -0.396. The standard InChI is InChI=1S/C17H19NO2S/c19-16(15-11-12-3-1-2-4-14(12)21-15)18-9-5-13(6-10-18)17(20)7-8-17/h1-4,11,13,20H,5-10H2. The van der Waals surface area contributed by atoms with Crippen LogP contribution in [0.3, 0.4) is 0 Å². The third-order valence-corrected chi connectivity index (χ3v) is 6.04. The van der Waals surface area contributed by atoms with Crippen molar-refractivity contribution in [1.82, 2.24) is 4.90 Å². The smallest absolute Gasteiger partial charge is 0.263 e. The second-order valence-electron chi connectivity index (χ2n) is 6.32. The molecule has 0 bridgehead atoms. The number of thiophene rings is 1. The van der Waals surface area contributed by atoms with Gasteiger partial charge in [0.2, 0.25) is 0 Å². The molecule has 1 aromatic heterocycles. The van der Waals surface area contributed by atoms with Gasteiger partial charge in [-0.05, 0) is 49.1 Å². The molecule has 1 aliphatic carbocycles. The zero-order valence-corrected chi connectivity index (χ0v) is 12.7. The predicted octanol–water partition coefficient (Wildman–Crippen LogP) is 3.28. The van der Waals surface area contributed by atoms with E-state index in [4.69, 9.17) is 0 Å². The average Bonchev–Trinajstić information content (AvgIpc) is 3.13. The summed E-state index contributed by atoms with van der Waals surface area (Å²) >= 11 is 1.58. The molecule has 3 nitrogen and oxygen atoms in total. The summed E-state index contributed by atoms with van der Waals surface area (Å²) in [5.74, 6) is 0.543. The lowest BCUT2D eigenvalue weighted by molar-refractivity contribution is 0.0343. The summed E-state index contributed by atoms with van der Waals surface area (Å²) < 4.78 is 1.17. The third-order valence-electron chi connectivity index (χ3n) is 4.94. The summed E-state index contributed by atoms with van der Waals surface area (Å²) in [6, 6.07) is 10.1. The van der Waals surface area contributed by atoms with Crippen LogP contribution in [-0.4, -0.2) is 34.6 Å². The van der Waals surface area contributed by atoms with E-state index in [9.17, 15) is 9.90 Å². The molecule has 4 rings (SSSR count). The summed E-state index contributed by atoms with van der Waals surface area (Å²) in [7, 11) is 0. The molecule has 2 fully saturated rings. The molecule has 1 saturated heterocycles. The molecule has 0 radical (unpaired) electrons. The van der Waals surface area contributed by atoms with Crippen molar-refractivity contribution in [2.24, 2.45) is 5.92 Å². The highest BCUT2D eigenvalue weighted by molar-refractivity contribution is 7.20. The average molecular weight is 301 g/mol. The molecule has 1 N–H and O–H groups in total. The van der Waals surface area contributed by atoms with Crippen molar-refractivity contribution in [1.29, 1.82) is 0 Å². The maximum atomic E-state index is 12.6. The van der Waals surface area contributed by atoms with Crippen LogP contribution in [0.1, 0.15) is 35.4 Å². The minimum Gasteiger partial charge on any atom is -0.390 e. The SMILES string of the molecule is O=C(c1cc2ccccc2s1)N1CCC(C2(O)CC2)CC1. The fourth-order valence-corrected chi connectivity index (χ4v) is 4.43. The van der Waals surface area contributed by atoms with E-state index in [0.29, 0.717) is 5.92 Å². The van der Waals surface area contributed by atoms with Crippen LogP contribution in [0.2, 0.25) is 0 Å². The maximum absolute atomic E-state index is 12.6. The molecule has 110 valence electrons. The van der Waals surface area contributed by atoms with E-state index in [1.54, 1.807) is 11.3 Å². The number of fused-ring (bicyclic) bond motifs is 1. The van der Waals surface area contributed by atoms with Crippen molar-refractivity contribution in [3.8, 4) is 0 Å². The summed E-state index contributed by atoms with van der Waals surface area (Å²) in [6.07, 6.45) is 3.77. The number of hydrogen-bond acceptors (Lipinski definition) is 3. The Kier molecular flexibility index (Phi) is 3.05. The van der Waals surface area contributed by atoms with Gasteiger partial charge in [-0.3, -0.25) is 4.79 Å². The first-order valence-electron chi connectivity index (χ1n) is 7.66. The van der Waals surface area contributed by atoms with Crippen LogP contribution in [0.25, 0.3) is 10.1 Å². The fourth-order valence-electron chi connectivity index (χ4n) is 3.40. The normalized spacial score (nSPS) is 21.7. The van der Waals surface area contributed by atoms with E-state index >= 15 is 0 Å². The second-order valence-corrected chi connectivity index (χ2v) is 7.40. The third kappa shape index (κ3) is 2.36. The Balaban J connectivity index is 1.48. The number of nitrogens with zero attached hydrogens (tertiary/aromatic N) is 1. The highest BCUT2D eigenvalue weighted by atomic mass is 32.1. The number of aliphatic hydroxyl groups is 1. The largest absolute Gasteiger partial charge is 0.390 e. The maximum Gasteiger partial charge on any atom is 0.263 e.